The number of alkyl halides is 1. The molecular formula is C15H12BrFO2. The minimum absolute atomic E-state index is 0.115. The number of rotatable bonds is 3. The van der Waals surface area contributed by atoms with E-state index in [1.807, 2.05) is 24.3 Å². The summed E-state index contributed by atoms with van der Waals surface area (Å²) in [5.41, 5.74) is 2.05. The van der Waals surface area contributed by atoms with Gasteiger partial charge in [-0.2, -0.15) is 0 Å². The van der Waals surface area contributed by atoms with Gasteiger partial charge in [0.05, 0.1) is 0 Å². The van der Waals surface area contributed by atoms with Crippen LogP contribution in [0.15, 0.2) is 42.5 Å². The third-order valence-corrected chi connectivity index (χ3v) is 3.91. The molecule has 0 saturated carbocycles. The number of benzene rings is 2. The summed E-state index contributed by atoms with van der Waals surface area (Å²) in [4.78, 5) is 0.115. The summed E-state index contributed by atoms with van der Waals surface area (Å²) in [6.07, 6.45) is 0.720. The van der Waals surface area contributed by atoms with E-state index in [1.165, 1.54) is 6.07 Å². The highest BCUT2D eigenvalue weighted by atomic mass is 79.9. The zero-order valence-electron chi connectivity index (χ0n) is 10.1. The summed E-state index contributed by atoms with van der Waals surface area (Å²) < 4.78 is 23.8. The smallest absolute Gasteiger partial charge is 0.231 e. The van der Waals surface area contributed by atoms with E-state index in [0.29, 0.717) is 0 Å². The first kappa shape index (κ1) is 12.5. The van der Waals surface area contributed by atoms with Crippen molar-refractivity contribution in [2.24, 2.45) is 0 Å². The maximum Gasteiger partial charge on any atom is 0.231 e. The molecule has 1 unspecified atom stereocenters. The highest BCUT2D eigenvalue weighted by Crippen LogP contribution is 2.37. The van der Waals surface area contributed by atoms with E-state index in [9.17, 15) is 4.39 Å². The Bertz CT molecular complexity index is 600. The zero-order chi connectivity index (χ0) is 13.2. The second kappa shape index (κ2) is 5.21. The molecule has 3 rings (SSSR count). The topological polar surface area (TPSA) is 18.5 Å². The van der Waals surface area contributed by atoms with Crippen molar-refractivity contribution < 1.29 is 13.9 Å². The van der Waals surface area contributed by atoms with Gasteiger partial charge in [0.1, 0.15) is 5.82 Å². The lowest BCUT2D eigenvalue weighted by Gasteiger charge is -2.11. The van der Waals surface area contributed by atoms with Crippen LogP contribution in [0, 0.1) is 5.82 Å². The van der Waals surface area contributed by atoms with Crippen molar-refractivity contribution in [3.8, 4) is 11.5 Å². The van der Waals surface area contributed by atoms with Gasteiger partial charge >= 0.3 is 0 Å². The van der Waals surface area contributed by atoms with Crippen LogP contribution in [0.2, 0.25) is 0 Å². The minimum Gasteiger partial charge on any atom is -0.454 e. The van der Waals surface area contributed by atoms with Crippen LogP contribution in [-0.4, -0.2) is 6.79 Å². The Hall–Kier alpha value is -1.55. The molecule has 1 aliphatic rings. The van der Waals surface area contributed by atoms with E-state index in [0.717, 1.165) is 29.0 Å². The monoisotopic (exact) mass is 322 g/mol. The molecule has 1 heterocycles. The van der Waals surface area contributed by atoms with Gasteiger partial charge < -0.3 is 9.47 Å². The molecule has 4 heteroatoms. The molecule has 0 radical (unpaired) electrons. The maximum atomic E-state index is 13.1. The SMILES string of the molecule is Fc1cccc(CC(Br)c2ccc3c(c2)OCO3)c1. The minimum atomic E-state index is -0.206. The predicted octanol–water partition coefficient (Wildman–Crippen LogP) is 4.23. The summed E-state index contributed by atoms with van der Waals surface area (Å²) >= 11 is 3.64. The van der Waals surface area contributed by atoms with Gasteiger partial charge in [-0.15, -0.1) is 0 Å². The lowest BCUT2D eigenvalue weighted by molar-refractivity contribution is 0.174. The van der Waals surface area contributed by atoms with Crippen LogP contribution in [-0.2, 0) is 6.42 Å². The largest absolute Gasteiger partial charge is 0.454 e. The van der Waals surface area contributed by atoms with Gasteiger partial charge in [-0.3, -0.25) is 0 Å². The van der Waals surface area contributed by atoms with Crippen LogP contribution in [0.5, 0.6) is 11.5 Å². The number of ether oxygens (including phenoxy) is 2. The molecule has 98 valence electrons. The van der Waals surface area contributed by atoms with Crippen molar-refractivity contribution in [3.05, 3.63) is 59.4 Å². The predicted molar refractivity (Wildman–Crippen MR) is 74.3 cm³/mol. The molecule has 1 atom stereocenters. The lowest BCUT2D eigenvalue weighted by atomic mass is 10.0. The summed E-state index contributed by atoms with van der Waals surface area (Å²) in [6.45, 7) is 0.273. The fourth-order valence-electron chi connectivity index (χ4n) is 2.10. The standard InChI is InChI=1S/C15H12BrFO2/c16-13(7-10-2-1-3-12(17)6-10)11-4-5-14-15(8-11)19-9-18-14/h1-6,8,13H,7,9H2. The molecule has 0 saturated heterocycles. The van der Waals surface area contributed by atoms with Crippen LogP contribution >= 0.6 is 15.9 Å². The Morgan fingerprint density at radius 2 is 1.95 bits per heavy atom. The van der Waals surface area contributed by atoms with Crippen molar-refractivity contribution in [1.29, 1.82) is 0 Å². The van der Waals surface area contributed by atoms with Gasteiger partial charge in [-0.05, 0) is 41.8 Å². The number of fused-ring (bicyclic) bond motifs is 1. The second-order valence-corrected chi connectivity index (χ2v) is 5.52. The third-order valence-electron chi connectivity index (χ3n) is 3.06. The van der Waals surface area contributed by atoms with Crippen LogP contribution in [0.3, 0.4) is 0 Å². The van der Waals surface area contributed by atoms with Crippen molar-refractivity contribution in [3.63, 3.8) is 0 Å². The summed E-state index contributed by atoms with van der Waals surface area (Å²) in [5.74, 6) is 1.33. The summed E-state index contributed by atoms with van der Waals surface area (Å²) in [7, 11) is 0. The van der Waals surface area contributed by atoms with Gasteiger partial charge in [0, 0.05) is 4.83 Å². The van der Waals surface area contributed by atoms with E-state index in [2.05, 4.69) is 15.9 Å². The quantitative estimate of drug-likeness (QED) is 0.787. The molecular weight excluding hydrogens is 311 g/mol. The highest BCUT2D eigenvalue weighted by molar-refractivity contribution is 9.09. The average Bonchev–Trinajstić information content (AvgIpc) is 2.85. The molecule has 2 aromatic carbocycles. The van der Waals surface area contributed by atoms with E-state index < -0.39 is 0 Å². The number of hydrogen-bond acceptors (Lipinski definition) is 2. The first-order chi connectivity index (χ1) is 9.22. The van der Waals surface area contributed by atoms with Crippen LogP contribution in [0.1, 0.15) is 16.0 Å². The lowest BCUT2D eigenvalue weighted by Crippen LogP contribution is -1.96. The fourth-order valence-corrected chi connectivity index (χ4v) is 2.76. The second-order valence-electron chi connectivity index (χ2n) is 4.41. The first-order valence-electron chi connectivity index (χ1n) is 6.00. The molecule has 0 aromatic heterocycles. The molecule has 1 aliphatic heterocycles. The van der Waals surface area contributed by atoms with Gasteiger partial charge in [0.15, 0.2) is 11.5 Å². The van der Waals surface area contributed by atoms with Crippen molar-refractivity contribution in [2.75, 3.05) is 6.79 Å². The molecule has 0 N–H and O–H groups in total. The molecule has 0 bridgehead atoms. The van der Waals surface area contributed by atoms with Gasteiger partial charge in [0.25, 0.3) is 0 Å². The van der Waals surface area contributed by atoms with Crippen LogP contribution in [0.4, 0.5) is 4.39 Å². The first-order valence-corrected chi connectivity index (χ1v) is 6.92. The number of hydrogen-bond donors (Lipinski definition) is 0. The van der Waals surface area contributed by atoms with Crippen LogP contribution in [0.25, 0.3) is 0 Å². The number of halogens is 2. The average molecular weight is 323 g/mol. The maximum absolute atomic E-state index is 13.1. The van der Waals surface area contributed by atoms with Crippen LogP contribution < -0.4 is 9.47 Å². The zero-order valence-corrected chi connectivity index (χ0v) is 11.7. The van der Waals surface area contributed by atoms with E-state index in [4.69, 9.17) is 9.47 Å². The Morgan fingerprint density at radius 1 is 1.11 bits per heavy atom. The molecule has 0 amide bonds. The molecule has 0 aliphatic carbocycles. The molecule has 2 nitrogen and oxygen atoms in total. The van der Waals surface area contributed by atoms with E-state index >= 15 is 0 Å². The highest BCUT2D eigenvalue weighted by Gasteiger charge is 2.16. The normalized spacial score (nSPS) is 14.4. The fraction of sp³-hybridized carbons (Fsp3) is 0.200. The Kier molecular flexibility index (Phi) is 3.42. The van der Waals surface area contributed by atoms with E-state index in [1.54, 1.807) is 12.1 Å². The molecule has 19 heavy (non-hydrogen) atoms. The molecule has 0 spiro atoms. The van der Waals surface area contributed by atoms with Crippen molar-refractivity contribution in [1.82, 2.24) is 0 Å². The van der Waals surface area contributed by atoms with Crippen molar-refractivity contribution in [2.45, 2.75) is 11.2 Å². The Labute approximate surface area is 119 Å². The Balaban J connectivity index is 1.78. The Morgan fingerprint density at radius 3 is 2.79 bits per heavy atom. The van der Waals surface area contributed by atoms with Gasteiger partial charge in [0.2, 0.25) is 6.79 Å². The molecule has 2 aromatic rings. The van der Waals surface area contributed by atoms with Crippen molar-refractivity contribution >= 4 is 15.9 Å². The van der Waals surface area contributed by atoms with E-state index in [-0.39, 0.29) is 17.4 Å². The van der Waals surface area contributed by atoms with Gasteiger partial charge in [-0.1, -0.05) is 34.1 Å². The van der Waals surface area contributed by atoms with Gasteiger partial charge in [-0.25, -0.2) is 4.39 Å². The molecule has 0 fully saturated rings. The summed E-state index contributed by atoms with van der Waals surface area (Å²) in [5, 5.41) is 0. The summed E-state index contributed by atoms with van der Waals surface area (Å²) in [6, 6.07) is 12.5. The third kappa shape index (κ3) is 2.73.